The number of phenolic OH excluding ortho intramolecular Hbond substituents is 1. The fourth-order valence-corrected chi connectivity index (χ4v) is 3.02. The predicted molar refractivity (Wildman–Crippen MR) is 83.9 cm³/mol. The van der Waals surface area contributed by atoms with E-state index in [0.717, 1.165) is 15.2 Å². The Bertz CT molecular complexity index is 783. The molecule has 4 nitrogen and oxygen atoms in total. The van der Waals surface area contributed by atoms with Gasteiger partial charge in [-0.25, -0.2) is 4.98 Å². The van der Waals surface area contributed by atoms with E-state index in [1.807, 2.05) is 24.3 Å². The zero-order chi connectivity index (χ0) is 14.8. The van der Waals surface area contributed by atoms with Crippen LogP contribution >= 0.6 is 22.9 Å². The van der Waals surface area contributed by atoms with Crippen LogP contribution in [-0.2, 0) is 6.54 Å². The minimum atomic E-state index is -0.380. The summed E-state index contributed by atoms with van der Waals surface area (Å²) in [6, 6.07) is 12.2. The van der Waals surface area contributed by atoms with Crippen molar-refractivity contribution in [3.05, 3.63) is 58.1 Å². The molecule has 0 saturated heterocycles. The molecule has 0 atom stereocenters. The molecule has 0 fully saturated rings. The number of phenols is 1. The number of carbonyl (C=O) groups excluding carboxylic acids is 1. The highest BCUT2D eigenvalue weighted by atomic mass is 35.5. The van der Waals surface area contributed by atoms with Crippen molar-refractivity contribution in [2.45, 2.75) is 6.54 Å². The number of hydrogen-bond acceptors (Lipinski definition) is 4. The molecule has 3 aromatic rings. The van der Waals surface area contributed by atoms with Crippen molar-refractivity contribution in [3.8, 4) is 5.75 Å². The molecule has 0 unspecified atom stereocenters. The number of hydrogen-bond donors (Lipinski definition) is 2. The van der Waals surface area contributed by atoms with Crippen LogP contribution in [0.2, 0.25) is 5.02 Å². The van der Waals surface area contributed by atoms with Crippen molar-refractivity contribution in [2.75, 3.05) is 0 Å². The van der Waals surface area contributed by atoms with Gasteiger partial charge in [-0.2, -0.15) is 0 Å². The van der Waals surface area contributed by atoms with Crippen LogP contribution in [0.25, 0.3) is 10.2 Å². The van der Waals surface area contributed by atoms with E-state index in [4.69, 9.17) is 11.6 Å². The first-order chi connectivity index (χ1) is 10.1. The number of carbonyl (C=O) groups is 1. The van der Waals surface area contributed by atoms with Gasteiger partial charge < -0.3 is 10.4 Å². The van der Waals surface area contributed by atoms with Gasteiger partial charge in [0.25, 0.3) is 5.91 Å². The van der Waals surface area contributed by atoms with Gasteiger partial charge in [0.2, 0.25) is 0 Å². The van der Waals surface area contributed by atoms with Gasteiger partial charge in [0, 0.05) is 5.02 Å². The molecule has 6 heteroatoms. The monoisotopic (exact) mass is 318 g/mol. The van der Waals surface area contributed by atoms with Crippen molar-refractivity contribution in [1.82, 2.24) is 10.3 Å². The molecular formula is C15H11ClN2O2S. The number of halogens is 1. The summed E-state index contributed by atoms with van der Waals surface area (Å²) in [5.74, 6) is -0.476. The third-order valence-electron chi connectivity index (χ3n) is 2.94. The summed E-state index contributed by atoms with van der Waals surface area (Å²) in [5, 5.41) is 13.6. The second-order valence-electron chi connectivity index (χ2n) is 4.42. The van der Waals surface area contributed by atoms with E-state index in [1.165, 1.54) is 29.5 Å². The first-order valence-corrected chi connectivity index (χ1v) is 7.44. The van der Waals surface area contributed by atoms with Crippen molar-refractivity contribution in [1.29, 1.82) is 0 Å². The zero-order valence-electron chi connectivity index (χ0n) is 10.8. The number of fused-ring (bicyclic) bond motifs is 1. The minimum Gasteiger partial charge on any atom is -0.507 e. The number of para-hydroxylation sites is 1. The van der Waals surface area contributed by atoms with Crippen molar-refractivity contribution < 1.29 is 9.90 Å². The Hall–Kier alpha value is -2.11. The lowest BCUT2D eigenvalue weighted by molar-refractivity contribution is 0.0948. The third-order valence-corrected chi connectivity index (χ3v) is 4.21. The molecule has 2 N–H and O–H groups in total. The normalized spacial score (nSPS) is 10.7. The highest BCUT2D eigenvalue weighted by Gasteiger charge is 2.12. The number of thiazole rings is 1. The number of rotatable bonds is 3. The molecule has 1 amide bonds. The van der Waals surface area contributed by atoms with Crippen LogP contribution in [0, 0.1) is 0 Å². The van der Waals surface area contributed by atoms with E-state index >= 15 is 0 Å². The van der Waals surface area contributed by atoms with Gasteiger partial charge in [-0.1, -0.05) is 23.7 Å². The summed E-state index contributed by atoms with van der Waals surface area (Å²) in [6.07, 6.45) is 0. The molecule has 0 aliphatic carbocycles. The molecule has 1 heterocycles. The highest BCUT2D eigenvalue weighted by molar-refractivity contribution is 7.18. The van der Waals surface area contributed by atoms with Gasteiger partial charge in [-0.15, -0.1) is 11.3 Å². The molecule has 0 radical (unpaired) electrons. The molecule has 0 saturated carbocycles. The molecule has 3 rings (SSSR count). The Labute approximate surface area is 130 Å². The lowest BCUT2D eigenvalue weighted by Gasteiger charge is -2.05. The molecule has 106 valence electrons. The van der Waals surface area contributed by atoms with E-state index in [1.54, 1.807) is 0 Å². The summed E-state index contributed by atoms with van der Waals surface area (Å²) < 4.78 is 1.08. The molecule has 0 aliphatic rings. The van der Waals surface area contributed by atoms with Crippen molar-refractivity contribution in [3.63, 3.8) is 0 Å². The molecule has 2 aromatic carbocycles. The number of nitrogens with zero attached hydrogens (tertiary/aromatic N) is 1. The van der Waals surface area contributed by atoms with E-state index < -0.39 is 0 Å². The Balaban J connectivity index is 1.74. The predicted octanol–water partition coefficient (Wildman–Crippen LogP) is 3.59. The second kappa shape index (κ2) is 5.71. The molecular weight excluding hydrogens is 308 g/mol. The third kappa shape index (κ3) is 2.99. The number of aromatic nitrogens is 1. The van der Waals surface area contributed by atoms with Crippen LogP contribution in [0.1, 0.15) is 15.4 Å². The first kappa shape index (κ1) is 13.9. The van der Waals surface area contributed by atoms with Gasteiger partial charge in [0.05, 0.1) is 22.3 Å². The van der Waals surface area contributed by atoms with E-state index in [0.29, 0.717) is 11.6 Å². The number of aromatic hydroxyl groups is 1. The zero-order valence-corrected chi connectivity index (χ0v) is 12.4. The maximum absolute atomic E-state index is 12.1. The summed E-state index contributed by atoms with van der Waals surface area (Å²) in [7, 11) is 0. The van der Waals surface area contributed by atoms with Gasteiger partial charge in [0.1, 0.15) is 10.8 Å². The average molecular weight is 319 g/mol. The summed E-state index contributed by atoms with van der Waals surface area (Å²) in [6.45, 7) is 0.310. The standard InChI is InChI=1S/C15H11ClN2O2S/c16-9-5-6-12(19)10(7-9)15(20)17-8-14-18-11-3-1-2-4-13(11)21-14/h1-7,19H,8H2,(H,17,20). The van der Waals surface area contributed by atoms with Crippen LogP contribution in [-0.4, -0.2) is 16.0 Å². The molecule has 0 bridgehead atoms. The quantitative estimate of drug-likeness (QED) is 0.776. The lowest BCUT2D eigenvalue weighted by atomic mass is 10.2. The molecule has 21 heavy (non-hydrogen) atoms. The van der Waals surface area contributed by atoms with Gasteiger partial charge in [-0.05, 0) is 30.3 Å². The number of benzene rings is 2. The average Bonchev–Trinajstić information content (AvgIpc) is 2.90. The molecule has 1 aromatic heterocycles. The lowest BCUT2D eigenvalue weighted by Crippen LogP contribution is -2.22. The number of amides is 1. The Morgan fingerprint density at radius 1 is 1.29 bits per heavy atom. The Kier molecular flexibility index (Phi) is 3.77. The van der Waals surface area contributed by atoms with E-state index in [2.05, 4.69) is 10.3 Å². The topological polar surface area (TPSA) is 62.2 Å². The maximum Gasteiger partial charge on any atom is 0.255 e. The fourth-order valence-electron chi connectivity index (χ4n) is 1.94. The van der Waals surface area contributed by atoms with Gasteiger partial charge in [0.15, 0.2) is 0 Å². The van der Waals surface area contributed by atoms with Crippen LogP contribution < -0.4 is 5.32 Å². The Morgan fingerprint density at radius 3 is 2.90 bits per heavy atom. The highest BCUT2D eigenvalue weighted by Crippen LogP contribution is 2.23. The smallest absolute Gasteiger partial charge is 0.255 e. The van der Waals surface area contributed by atoms with Crippen molar-refractivity contribution >= 4 is 39.1 Å². The summed E-state index contributed by atoms with van der Waals surface area (Å²) >= 11 is 7.36. The van der Waals surface area contributed by atoms with Crippen LogP contribution in [0.5, 0.6) is 5.75 Å². The van der Waals surface area contributed by atoms with Gasteiger partial charge >= 0.3 is 0 Å². The molecule has 0 aliphatic heterocycles. The fraction of sp³-hybridized carbons (Fsp3) is 0.0667. The minimum absolute atomic E-state index is 0.0961. The largest absolute Gasteiger partial charge is 0.507 e. The summed E-state index contributed by atoms with van der Waals surface area (Å²) in [4.78, 5) is 16.5. The van der Waals surface area contributed by atoms with Crippen molar-refractivity contribution in [2.24, 2.45) is 0 Å². The first-order valence-electron chi connectivity index (χ1n) is 6.24. The molecule has 0 spiro atoms. The van der Waals surface area contributed by atoms with Crippen LogP contribution in [0.3, 0.4) is 0 Å². The van der Waals surface area contributed by atoms with Gasteiger partial charge in [-0.3, -0.25) is 4.79 Å². The van der Waals surface area contributed by atoms with E-state index in [-0.39, 0.29) is 17.2 Å². The van der Waals surface area contributed by atoms with Crippen LogP contribution in [0.15, 0.2) is 42.5 Å². The second-order valence-corrected chi connectivity index (χ2v) is 5.97. The van der Waals surface area contributed by atoms with Crippen LogP contribution in [0.4, 0.5) is 0 Å². The maximum atomic E-state index is 12.1. The van der Waals surface area contributed by atoms with E-state index in [9.17, 15) is 9.90 Å². The number of nitrogens with one attached hydrogen (secondary N) is 1. The summed E-state index contributed by atoms with van der Waals surface area (Å²) in [5.41, 5.74) is 1.07. The SMILES string of the molecule is O=C(NCc1nc2ccccc2s1)c1cc(Cl)ccc1O. The Morgan fingerprint density at radius 2 is 2.10 bits per heavy atom.